The zero-order chi connectivity index (χ0) is 16.5. The third-order valence-electron chi connectivity index (χ3n) is 4.79. The fraction of sp³-hybridized carbons (Fsp3) is 0.471. The van der Waals surface area contributed by atoms with Crippen molar-refractivity contribution < 1.29 is 4.52 Å². The summed E-state index contributed by atoms with van der Waals surface area (Å²) in [5.41, 5.74) is 0. The molecule has 4 heterocycles. The maximum Gasteiger partial charge on any atom is 0.244 e. The molecule has 0 bridgehead atoms. The molecule has 6 nitrogen and oxygen atoms in total. The summed E-state index contributed by atoms with van der Waals surface area (Å²) in [7, 11) is 0. The van der Waals surface area contributed by atoms with Crippen molar-refractivity contribution in [1.29, 1.82) is 0 Å². The second-order valence-corrected chi connectivity index (χ2v) is 7.22. The maximum absolute atomic E-state index is 5.55. The number of aryl methyl sites for hydroxylation is 1. The summed E-state index contributed by atoms with van der Waals surface area (Å²) in [5.74, 6) is 2.45. The van der Waals surface area contributed by atoms with Gasteiger partial charge in [-0.25, -0.2) is 4.98 Å². The van der Waals surface area contributed by atoms with Crippen LogP contribution in [0.15, 0.2) is 34.4 Å². The molecule has 0 N–H and O–H groups in total. The molecule has 3 aromatic heterocycles. The maximum atomic E-state index is 5.55. The molecule has 1 saturated heterocycles. The van der Waals surface area contributed by atoms with Gasteiger partial charge in [0.05, 0.1) is 10.9 Å². The molecule has 3 aromatic rings. The predicted molar refractivity (Wildman–Crippen MR) is 92.7 cm³/mol. The van der Waals surface area contributed by atoms with Gasteiger partial charge in [0, 0.05) is 25.0 Å². The molecular formula is C17H21N5OS. The monoisotopic (exact) mass is 343 g/mol. The Labute approximate surface area is 145 Å². The number of hydrogen-bond acceptors (Lipinski definition) is 6. The largest absolute Gasteiger partial charge is 0.337 e. The van der Waals surface area contributed by atoms with E-state index in [0.717, 1.165) is 23.8 Å². The lowest BCUT2D eigenvalue weighted by atomic mass is 10.2. The summed E-state index contributed by atoms with van der Waals surface area (Å²) in [6, 6.07) is 4.63. The minimum Gasteiger partial charge on any atom is -0.337 e. The summed E-state index contributed by atoms with van der Waals surface area (Å²) < 4.78 is 7.78. The van der Waals surface area contributed by atoms with Crippen LogP contribution in [0.5, 0.6) is 0 Å². The molecule has 4 rings (SSSR count). The van der Waals surface area contributed by atoms with Crippen LogP contribution in [0.1, 0.15) is 37.5 Å². The van der Waals surface area contributed by atoms with Crippen molar-refractivity contribution in [2.24, 2.45) is 0 Å². The molecule has 0 saturated carbocycles. The van der Waals surface area contributed by atoms with Crippen molar-refractivity contribution in [3.63, 3.8) is 0 Å². The molecule has 2 atom stereocenters. The van der Waals surface area contributed by atoms with Crippen molar-refractivity contribution in [3.05, 3.63) is 41.6 Å². The van der Waals surface area contributed by atoms with Gasteiger partial charge in [-0.15, -0.1) is 11.3 Å². The summed E-state index contributed by atoms with van der Waals surface area (Å²) in [6.45, 7) is 6.23. The highest BCUT2D eigenvalue weighted by molar-refractivity contribution is 7.13. The minimum atomic E-state index is 0.127. The summed E-state index contributed by atoms with van der Waals surface area (Å²) in [4.78, 5) is 12.5. The molecule has 24 heavy (non-hydrogen) atoms. The first-order valence-corrected chi connectivity index (χ1v) is 9.21. The van der Waals surface area contributed by atoms with E-state index in [1.807, 2.05) is 30.6 Å². The lowest BCUT2D eigenvalue weighted by molar-refractivity contribution is 0.146. The van der Waals surface area contributed by atoms with Crippen molar-refractivity contribution in [3.8, 4) is 10.7 Å². The van der Waals surface area contributed by atoms with Gasteiger partial charge in [-0.3, -0.25) is 4.90 Å². The minimum absolute atomic E-state index is 0.127. The van der Waals surface area contributed by atoms with Crippen molar-refractivity contribution in [2.45, 2.75) is 45.3 Å². The molecule has 7 heteroatoms. The Hall–Kier alpha value is -1.99. The van der Waals surface area contributed by atoms with Crippen LogP contribution < -0.4 is 0 Å². The molecule has 0 aliphatic carbocycles. The van der Waals surface area contributed by atoms with Crippen LogP contribution >= 0.6 is 11.3 Å². The van der Waals surface area contributed by atoms with Crippen LogP contribution in [0.4, 0.5) is 0 Å². The van der Waals surface area contributed by atoms with Gasteiger partial charge in [-0.1, -0.05) is 11.2 Å². The highest BCUT2D eigenvalue weighted by atomic mass is 32.1. The van der Waals surface area contributed by atoms with Gasteiger partial charge < -0.3 is 9.09 Å². The Balaban J connectivity index is 1.50. The van der Waals surface area contributed by atoms with Crippen LogP contribution in [0.3, 0.4) is 0 Å². The molecule has 126 valence electrons. The van der Waals surface area contributed by atoms with E-state index in [1.54, 1.807) is 11.3 Å². The second kappa shape index (κ2) is 6.49. The van der Waals surface area contributed by atoms with E-state index in [1.165, 1.54) is 12.8 Å². The van der Waals surface area contributed by atoms with Crippen molar-refractivity contribution in [2.75, 3.05) is 6.54 Å². The number of rotatable bonds is 5. The molecule has 0 amide bonds. The third kappa shape index (κ3) is 2.89. The van der Waals surface area contributed by atoms with Crippen LogP contribution in [-0.2, 0) is 6.54 Å². The third-order valence-corrected chi connectivity index (χ3v) is 5.66. The van der Waals surface area contributed by atoms with E-state index in [0.29, 0.717) is 17.8 Å². The SMILES string of the molecule is Cc1nccn1CC1CCCN1C(C)c1nc(-c2cccs2)no1. The number of nitrogens with zero attached hydrogens (tertiary/aromatic N) is 5. The van der Waals surface area contributed by atoms with Gasteiger partial charge in [-0.2, -0.15) is 4.98 Å². The second-order valence-electron chi connectivity index (χ2n) is 6.27. The van der Waals surface area contributed by atoms with Gasteiger partial charge in [0.15, 0.2) is 0 Å². The number of thiophene rings is 1. The average molecular weight is 343 g/mol. The van der Waals surface area contributed by atoms with Gasteiger partial charge in [0.25, 0.3) is 0 Å². The Morgan fingerprint density at radius 1 is 1.46 bits per heavy atom. The highest BCUT2D eigenvalue weighted by Crippen LogP contribution is 2.31. The van der Waals surface area contributed by atoms with Gasteiger partial charge in [0.1, 0.15) is 5.82 Å². The van der Waals surface area contributed by atoms with Gasteiger partial charge >= 0.3 is 0 Å². The number of imidazole rings is 1. The molecule has 2 unspecified atom stereocenters. The van der Waals surface area contributed by atoms with E-state index >= 15 is 0 Å². The van der Waals surface area contributed by atoms with Crippen LogP contribution in [-0.4, -0.2) is 37.2 Å². The molecule has 1 aliphatic rings. The first-order valence-electron chi connectivity index (χ1n) is 8.33. The molecular weight excluding hydrogens is 322 g/mol. The van der Waals surface area contributed by atoms with Gasteiger partial charge in [0.2, 0.25) is 11.7 Å². The Morgan fingerprint density at radius 3 is 3.12 bits per heavy atom. The summed E-state index contributed by atoms with van der Waals surface area (Å²) >= 11 is 1.63. The normalized spacial score (nSPS) is 19.8. The first-order chi connectivity index (χ1) is 11.7. The number of aromatic nitrogens is 4. The Kier molecular flexibility index (Phi) is 4.20. The Morgan fingerprint density at radius 2 is 2.38 bits per heavy atom. The van der Waals surface area contributed by atoms with E-state index in [2.05, 4.69) is 37.7 Å². The van der Waals surface area contributed by atoms with E-state index < -0.39 is 0 Å². The molecule has 0 radical (unpaired) electrons. The fourth-order valence-corrected chi connectivity index (χ4v) is 4.09. The van der Waals surface area contributed by atoms with Crippen molar-refractivity contribution in [1.82, 2.24) is 24.6 Å². The van der Waals surface area contributed by atoms with E-state index in [9.17, 15) is 0 Å². The standard InChI is InChI=1S/C17H21N5OS/c1-12(17-19-16(20-23-17)15-6-4-10-24-15)22-8-3-5-14(22)11-21-9-7-18-13(21)2/h4,6-7,9-10,12,14H,3,5,8,11H2,1-2H3. The fourth-order valence-electron chi connectivity index (χ4n) is 3.44. The zero-order valence-electron chi connectivity index (χ0n) is 13.9. The lowest BCUT2D eigenvalue weighted by Crippen LogP contribution is -2.35. The van der Waals surface area contributed by atoms with Crippen LogP contribution in [0.2, 0.25) is 0 Å². The van der Waals surface area contributed by atoms with Crippen LogP contribution in [0, 0.1) is 6.92 Å². The van der Waals surface area contributed by atoms with Crippen molar-refractivity contribution >= 4 is 11.3 Å². The average Bonchev–Trinajstić information content (AvgIpc) is 3.36. The molecule has 0 aromatic carbocycles. The molecule has 0 spiro atoms. The van der Waals surface area contributed by atoms with Gasteiger partial charge in [-0.05, 0) is 44.7 Å². The topological polar surface area (TPSA) is 60.0 Å². The quantitative estimate of drug-likeness (QED) is 0.709. The Bertz CT molecular complexity index is 794. The van der Waals surface area contributed by atoms with E-state index in [4.69, 9.17) is 4.52 Å². The lowest BCUT2D eigenvalue weighted by Gasteiger charge is -2.28. The highest BCUT2D eigenvalue weighted by Gasteiger charge is 2.32. The summed E-state index contributed by atoms with van der Waals surface area (Å²) in [5, 5.41) is 6.17. The number of likely N-dealkylation sites (tertiary alicyclic amines) is 1. The summed E-state index contributed by atoms with van der Waals surface area (Å²) in [6.07, 6.45) is 6.31. The smallest absolute Gasteiger partial charge is 0.244 e. The zero-order valence-corrected chi connectivity index (χ0v) is 14.7. The first kappa shape index (κ1) is 15.5. The van der Waals surface area contributed by atoms with E-state index in [-0.39, 0.29) is 6.04 Å². The number of hydrogen-bond donors (Lipinski definition) is 0. The molecule has 1 fully saturated rings. The molecule has 1 aliphatic heterocycles. The predicted octanol–water partition coefficient (Wildman–Crippen LogP) is 3.53. The van der Waals surface area contributed by atoms with Crippen LogP contribution in [0.25, 0.3) is 10.7 Å².